The number of rotatable bonds is 4. The first-order valence-corrected chi connectivity index (χ1v) is 11.9. The van der Waals surface area contributed by atoms with E-state index in [1.165, 1.54) is 0 Å². The second-order valence-corrected chi connectivity index (χ2v) is 9.43. The third kappa shape index (κ3) is 3.10. The van der Waals surface area contributed by atoms with E-state index in [0.29, 0.717) is 17.7 Å². The Kier molecular flexibility index (Phi) is 4.69. The van der Waals surface area contributed by atoms with Gasteiger partial charge in [0, 0.05) is 47.4 Å². The van der Waals surface area contributed by atoms with Gasteiger partial charge in [0.15, 0.2) is 0 Å². The molecule has 0 saturated heterocycles. The molecule has 32 heavy (non-hydrogen) atoms. The third-order valence-corrected chi connectivity index (χ3v) is 7.46. The molecule has 1 aromatic carbocycles. The van der Waals surface area contributed by atoms with Crippen LogP contribution in [-0.2, 0) is 0 Å². The van der Waals surface area contributed by atoms with Crippen molar-refractivity contribution < 1.29 is 5.11 Å². The van der Waals surface area contributed by atoms with Crippen LogP contribution in [0.25, 0.3) is 38.4 Å². The Labute approximate surface area is 189 Å². The molecule has 1 aliphatic carbocycles. The van der Waals surface area contributed by atoms with Gasteiger partial charge in [-0.25, -0.2) is 15.0 Å². The first-order valence-electron chi connectivity index (χ1n) is 11.0. The first kappa shape index (κ1) is 19.5. The Morgan fingerprint density at radius 2 is 2.03 bits per heavy atom. The second kappa shape index (κ2) is 7.72. The van der Waals surface area contributed by atoms with Gasteiger partial charge < -0.3 is 15.8 Å². The monoisotopic (exact) mass is 444 g/mol. The van der Waals surface area contributed by atoms with Crippen LogP contribution in [0.2, 0.25) is 0 Å². The van der Waals surface area contributed by atoms with Crippen molar-refractivity contribution in [1.29, 1.82) is 0 Å². The van der Waals surface area contributed by atoms with E-state index in [4.69, 9.17) is 10.7 Å². The quantitative estimate of drug-likeness (QED) is 0.367. The highest BCUT2D eigenvalue weighted by atomic mass is 32.1. The number of aliphatic hydroxyl groups excluding tert-OH is 1. The van der Waals surface area contributed by atoms with E-state index >= 15 is 0 Å². The lowest BCUT2D eigenvalue weighted by atomic mass is 9.82. The number of hydrogen-bond donors (Lipinski definition) is 3. The molecule has 0 spiro atoms. The molecule has 1 fully saturated rings. The van der Waals surface area contributed by atoms with Crippen LogP contribution in [0.5, 0.6) is 0 Å². The summed E-state index contributed by atoms with van der Waals surface area (Å²) in [6.45, 7) is 0.271. The average molecular weight is 445 g/mol. The SMILES string of the molecule is Nc1nccn2c1c(-c1cc3cccc(-c4nccs4)c3[nH]1)nc2[C@H]1CC[C@H](CO)CC1. The maximum absolute atomic E-state index is 9.52. The summed E-state index contributed by atoms with van der Waals surface area (Å²) in [7, 11) is 0. The number of thiazole rings is 1. The number of aromatic nitrogens is 5. The summed E-state index contributed by atoms with van der Waals surface area (Å²) >= 11 is 1.63. The molecule has 4 heterocycles. The van der Waals surface area contributed by atoms with Gasteiger partial charge in [-0.05, 0) is 43.7 Å². The summed E-state index contributed by atoms with van der Waals surface area (Å²) in [5, 5.41) is 13.6. The minimum atomic E-state index is 0.271. The molecule has 8 heteroatoms. The minimum absolute atomic E-state index is 0.271. The number of hydrogen-bond acceptors (Lipinski definition) is 6. The van der Waals surface area contributed by atoms with Gasteiger partial charge in [-0.15, -0.1) is 11.3 Å². The molecule has 0 aliphatic heterocycles. The molecular weight excluding hydrogens is 420 g/mol. The number of aromatic amines is 1. The van der Waals surface area contributed by atoms with Crippen molar-refractivity contribution in [2.75, 3.05) is 12.3 Å². The van der Waals surface area contributed by atoms with Gasteiger partial charge in [-0.2, -0.15) is 0 Å². The average Bonchev–Trinajstić information content (AvgIpc) is 3.57. The fourth-order valence-electron chi connectivity index (χ4n) is 4.98. The molecule has 1 saturated carbocycles. The fourth-order valence-corrected chi connectivity index (χ4v) is 5.65. The van der Waals surface area contributed by atoms with Gasteiger partial charge in [0.2, 0.25) is 0 Å². The lowest BCUT2D eigenvalue weighted by molar-refractivity contribution is 0.181. The Morgan fingerprint density at radius 3 is 2.81 bits per heavy atom. The number of aliphatic hydroxyl groups is 1. The summed E-state index contributed by atoms with van der Waals surface area (Å²) in [4.78, 5) is 17.6. The van der Waals surface area contributed by atoms with Crippen LogP contribution in [0.15, 0.2) is 48.2 Å². The van der Waals surface area contributed by atoms with E-state index < -0.39 is 0 Å². The number of nitrogens with two attached hydrogens (primary N) is 1. The minimum Gasteiger partial charge on any atom is -0.396 e. The van der Waals surface area contributed by atoms with Crippen LogP contribution in [0.1, 0.15) is 37.4 Å². The second-order valence-electron chi connectivity index (χ2n) is 8.54. The molecule has 5 aromatic rings. The van der Waals surface area contributed by atoms with Gasteiger partial charge in [0.1, 0.15) is 27.9 Å². The van der Waals surface area contributed by atoms with Gasteiger partial charge >= 0.3 is 0 Å². The number of fused-ring (bicyclic) bond motifs is 2. The van der Waals surface area contributed by atoms with Gasteiger partial charge in [0.25, 0.3) is 0 Å². The predicted octanol–water partition coefficient (Wildman–Crippen LogP) is 4.85. The van der Waals surface area contributed by atoms with E-state index in [-0.39, 0.29) is 6.61 Å². The van der Waals surface area contributed by atoms with E-state index in [2.05, 4.69) is 43.6 Å². The number of imidazole rings is 1. The van der Waals surface area contributed by atoms with Crippen LogP contribution in [-0.4, -0.2) is 36.1 Å². The highest BCUT2D eigenvalue weighted by Crippen LogP contribution is 2.39. The topological polar surface area (TPSA) is 105 Å². The lowest BCUT2D eigenvalue weighted by Crippen LogP contribution is -2.17. The van der Waals surface area contributed by atoms with Crippen molar-refractivity contribution in [3.05, 3.63) is 54.1 Å². The maximum atomic E-state index is 9.52. The van der Waals surface area contributed by atoms with Gasteiger partial charge in [0.05, 0.1) is 11.2 Å². The molecular formula is C24H24N6OS. The number of nitrogens with one attached hydrogen (secondary N) is 1. The van der Waals surface area contributed by atoms with Crippen LogP contribution in [0.4, 0.5) is 5.82 Å². The van der Waals surface area contributed by atoms with Gasteiger partial charge in [-0.1, -0.05) is 12.1 Å². The summed E-state index contributed by atoms with van der Waals surface area (Å²) in [6, 6.07) is 8.38. The number of benzene rings is 1. The number of para-hydroxylation sites is 1. The summed E-state index contributed by atoms with van der Waals surface area (Å²) in [5.74, 6) is 2.25. The van der Waals surface area contributed by atoms with Crippen LogP contribution in [0.3, 0.4) is 0 Å². The zero-order chi connectivity index (χ0) is 21.7. The standard InChI is InChI=1S/C24H24N6OS/c25-22-21-20(18-12-16-2-1-3-17(19(16)28-18)24-27-9-11-32-24)29-23(30(21)10-8-26-22)15-6-4-14(13-31)5-7-15/h1-3,8-12,14-15,28,31H,4-7,13H2,(H2,25,26)/t14-,15-. The summed E-state index contributed by atoms with van der Waals surface area (Å²) in [5.41, 5.74) is 11.1. The Bertz CT molecular complexity index is 1400. The van der Waals surface area contributed by atoms with E-state index in [0.717, 1.165) is 69.9 Å². The lowest BCUT2D eigenvalue weighted by Gasteiger charge is -2.26. The maximum Gasteiger partial charge on any atom is 0.150 e. The first-order chi connectivity index (χ1) is 15.7. The predicted molar refractivity (Wildman–Crippen MR) is 128 cm³/mol. The van der Waals surface area contributed by atoms with Crippen molar-refractivity contribution in [3.8, 4) is 22.0 Å². The molecule has 6 rings (SSSR count). The number of nitrogens with zero attached hydrogens (tertiary/aromatic N) is 4. The van der Waals surface area contributed by atoms with Crippen LogP contribution in [0, 0.1) is 5.92 Å². The summed E-state index contributed by atoms with van der Waals surface area (Å²) < 4.78 is 2.11. The molecule has 1 aliphatic rings. The zero-order valence-electron chi connectivity index (χ0n) is 17.5. The van der Waals surface area contributed by atoms with E-state index in [1.807, 2.05) is 17.8 Å². The van der Waals surface area contributed by atoms with Crippen molar-refractivity contribution >= 4 is 33.6 Å². The number of nitrogen functional groups attached to an aromatic ring is 1. The smallest absolute Gasteiger partial charge is 0.150 e. The number of anilines is 1. The zero-order valence-corrected chi connectivity index (χ0v) is 18.3. The fraction of sp³-hybridized carbons (Fsp3) is 0.292. The van der Waals surface area contributed by atoms with E-state index in [9.17, 15) is 5.11 Å². The molecule has 4 aromatic heterocycles. The highest BCUT2D eigenvalue weighted by Gasteiger charge is 2.27. The Morgan fingerprint density at radius 1 is 1.16 bits per heavy atom. The molecule has 7 nitrogen and oxygen atoms in total. The largest absolute Gasteiger partial charge is 0.396 e. The van der Waals surface area contributed by atoms with Crippen molar-refractivity contribution in [3.63, 3.8) is 0 Å². The molecule has 0 bridgehead atoms. The molecule has 162 valence electrons. The van der Waals surface area contributed by atoms with Crippen molar-refractivity contribution in [2.24, 2.45) is 5.92 Å². The Hall–Kier alpha value is -3.23. The molecule has 0 amide bonds. The van der Waals surface area contributed by atoms with Crippen LogP contribution >= 0.6 is 11.3 Å². The third-order valence-electron chi connectivity index (χ3n) is 6.65. The van der Waals surface area contributed by atoms with Gasteiger partial charge in [-0.3, -0.25) is 4.40 Å². The Balaban J connectivity index is 1.50. The normalized spacial score (nSPS) is 19.2. The van der Waals surface area contributed by atoms with Crippen LogP contribution < -0.4 is 5.73 Å². The molecule has 0 radical (unpaired) electrons. The van der Waals surface area contributed by atoms with Crippen molar-refractivity contribution in [2.45, 2.75) is 31.6 Å². The molecule has 4 N–H and O–H groups in total. The molecule has 0 unspecified atom stereocenters. The number of H-pyrrole nitrogens is 1. The summed E-state index contributed by atoms with van der Waals surface area (Å²) in [6.07, 6.45) is 9.61. The van der Waals surface area contributed by atoms with E-state index in [1.54, 1.807) is 17.5 Å². The van der Waals surface area contributed by atoms with Crippen molar-refractivity contribution in [1.82, 2.24) is 24.3 Å². The highest BCUT2D eigenvalue weighted by molar-refractivity contribution is 7.13. The molecule has 0 atom stereocenters.